The van der Waals surface area contributed by atoms with Gasteiger partial charge in [-0.3, -0.25) is 0 Å². The smallest absolute Gasteiger partial charge is 0.410 e. The van der Waals surface area contributed by atoms with Crippen LogP contribution in [0.5, 0.6) is 0 Å². The Morgan fingerprint density at radius 3 is 2.38 bits per heavy atom. The van der Waals surface area contributed by atoms with Gasteiger partial charge in [-0.2, -0.15) is 0 Å². The summed E-state index contributed by atoms with van der Waals surface area (Å²) < 4.78 is 18.4. The lowest BCUT2D eigenvalue weighted by atomic mass is 10.1. The number of hydrogen-bond acceptors (Lipinski definition) is 3. The van der Waals surface area contributed by atoms with Crippen LogP contribution in [0.1, 0.15) is 27.7 Å². The molecule has 1 aliphatic heterocycles. The Kier molecular flexibility index (Phi) is 4.40. The van der Waals surface area contributed by atoms with Crippen molar-refractivity contribution in [2.45, 2.75) is 39.3 Å². The summed E-state index contributed by atoms with van der Waals surface area (Å²) in [6.07, 6.45) is -0.270. The molecule has 1 amide bonds. The molecule has 1 aromatic rings. The lowest BCUT2D eigenvalue weighted by Crippen LogP contribution is -2.55. The van der Waals surface area contributed by atoms with Crippen LogP contribution in [0.3, 0.4) is 0 Å². The number of amides is 1. The summed E-state index contributed by atoms with van der Waals surface area (Å²) in [6.45, 7) is 9.63. The van der Waals surface area contributed by atoms with Crippen molar-refractivity contribution in [3.63, 3.8) is 0 Å². The van der Waals surface area contributed by atoms with Crippen LogP contribution in [-0.2, 0) is 4.74 Å². The minimum absolute atomic E-state index is 0.0543. The molecular formula is C16H23FN2O2. The fraction of sp³-hybridized carbons (Fsp3) is 0.562. The van der Waals surface area contributed by atoms with E-state index in [9.17, 15) is 9.18 Å². The van der Waals surface area contributed by atoms with Gasteiger partial charge in [-0.15, -0.1) is 0 Å². The number of ether oxygens (including phenoxy) is 1. The molecule has 0 unspecified atom stereocenters. The number of carbonyl (C=O) groups excluding carboxylic acids is 1. The van der Waals surface area contributed by atoms with E-state index in [2.05, 4.69) is 4.90 Å². The third-order valence-electron chi connectivity index (χ3n) is 3.45. The summed E-state index contributed by atoms with van der Waals surface area (Å²) in [5, 5.41) is 0. The van der Waals surface area contributed by atoms with Crippen LogP contribution in [0.4, 0.5) is 14.9 Å². The van der Waals surface area contributed by atoms with Gasteiger partial charge in [0.25, 0.3) is 0 Å². The molecule has 1 aliphatic rings. The van der Waals surface area contributed by atoms with Gasteiger partial charge in [0.1, 0.15) is 11.4 Å². The molecular weight excluding hydrogens is 271 g/mol. The Morgan fingerprint density at radius 2 is 1.86 bits per heavy atom. The van der Waals surface area contributed by atoms with Crippen LogP contribution in [0.15, 0.2) is 24.3 Å². The fourth-order valence-electron chi connectivity index (χ4n) is 2.44. The number of hydrogen-bond donors (Lipinski definition) is 0. The lowest BCUT2D eigenvalue weighted by Gasteiger charge is -2.41. The minimum Gasteiger partial charge on any atom is -0.444 e. The van der Waals surface area contributed by atoms with E-state index in [-0.39, 0.29) is 18.0 Å². The zero-order chi connectivity index (χ0) is 15.6. The topological polar surface area (TPSA) is 32.8 Å². The average Bonchev–Trinajstić information content (AvgIpc) is 2.37. The van der Waals surface area contributed by atoms with Crippen molar-refractivity contribution < 1.29 is 13.9 Å². The van der Waals surface area contributed by atoms with Gasteiger partial charge >= 0.3 is 6.09 Å². The van der Waals surface area contributed by atoms with Crippen molar-refractivity contribution >= 4 is 11.8 Å². The first-order valence-corrected chi connectivity index (χ1v) is 7.26. The van der Waals surface area contributed by atoms with Gasteiger partial charge in [0, 0.05) is 31.4 Å². The zero-order valence-electron chi connectivity index (χ0n) is 13.1. The molecule has 0 aliphatic carbocycles. The van der Waals surface area contributed by atoms with Crippen LogP contribution in [0.25, 0.3) is 0 Å². The molecule has 1 aromatic carbocycles. The molecule has 2 rings (SSSR count). The highest BCUT2D eigenvalue weighted by Gasteiger charge is 2.30. The molecule has 1 saturated heterocycles. The normalized spacial score (nSPS) is 19.6. The second kappa shape index (κ2) is 5.92. The van der Waals surface area contributed by atoms with Crippen molar-refractivity contribution in [2.75, 3.05) is 24.5 Å². The monoisotopic (exact) mass is 294 g/mol. The highest BCUT2D eigenvalue weighted by atomic mass is 19.1. The molecule has 5 heteroatoms. The molecule has 0 radical (unpaired) electrons. The number of anilines is 1. The highest BCUT2D eigenvalue weighted by Crippen LogP contribution is 2.21. The molecule has 0 saturated carbocycles. The zero-order valence-corrected chi connectivity index (χ0v) is 13.1. The van der Waals surface area contributed by atoms with Crippen molar-refractivity contribution in [1.82, 2.24) is 4.90 Å². The summed E-state index contributed by atoms with van der Waals surface area (Å²) >= 11 is 0. The molecule has 4 nitrogen and oxygen atoms in total. The van der Waals surface area contributed by atoms with Gasteiger partial charge in [0.15, 0.2) is 0 Å². The summed E-state index contributed by atoms with van der Waals surface area (Å²) in [4.78, 5) is 16.1. The maximum absolute atomic E-state index is 13.0. The molecule has 0 N–H and O–H groups in total. The predicted molar refractivity (Wildman–Crippen MR) is 81.0 cm³/mol. The standard InChI is InChI=1S/C16H23FN2O2/c1-12-11-18(14-7-5-13(17)6-8-14)9-10-19(12)15(20)21-16(2,3)4/h5-8,12H,9-11H2,1-4H3/t12-/m1/s1. The van der Waals surface area contributed by atoms with Crippen LogP contribution >= 0.6 is 0 Å². The van der Waals surface area contributed by atoms with Gasteiger partial charge in [-0.05, 0) is 52.0 Å². The van der Waals surface area contributed by atoms with E-state index in [1.165, 1.54) is 12.1 Å². The second-order valence-corrected chi connectivity index (χ2v) is 6.45. The predicted octanol–water partition coefficient (Wildman–Crippen LogP) is 3.27. The van der Waals surface area contributed by atoms with E-state index < -0.39 is 5.60 Å². The van der Waals surface area contributed by atoms with E-state index in [1.807, 2.05) is 27.7 Å². The van der Waals surface area contributed by atoms with Gasteiger partial charge < -0.3 is 14.5 Å². The Morgan fingerprint density at radius 1 is 1.24 bits per heavy atom. The van der Waals surface area contributed by atoms with Gasteiger partial charge in [-0.25, -0.2) is 9.18 Å². The summed E-state index contributed by atoms with van der Waals surface area (Å²) in [6, 6.07) is 6.51. The van der Waals surface area contributed by atoms with E-state index >= 15 is 0 Å². The number of halogens is 1. The van der Waals surface area contributed by atoms with E-state index in [1.54, 1.807) is 17.0 Å². The number of carbonyl (C=O) groups is 1. The number of nitrogens with zero attached hydrogens (tertiary/aromatic N) is 2. The second-order valence-electron chi connectivity index (χ2n) is 6.45. The largest absolute Gasteiger partial charge is 0.444 e. The van der Waals surface area contributed by atoms with E-state index in [4.69, 9.17) is 4.74 Å². The SMILES string of the molecule is C[C@@H]1CN(c2ccc(F)cc2)CCN1C(=O)OC(C)(C)C. The number of piperazine rings is 1. The van der Waals surface area contributed by atoms with Crippen molar-refractivity contribution in [1.29, 1.82) is 0 Å². The molecule has 0 bridgehead atoms. The summed E-state index contributed by atoms with van der Waals surface area (Å²) in [7, 11) is 0. The lowest BCUT2D eigenvalue weighted by molar-refractivity contribution is 0.0159. The van der Waals surface area contributed by atoms with E-state index in [0.29, 0.717) is 13.1 Å². The van der Waals surface area contributed by atoms with Crippen LogP contribution < -0.4 is 4.90 Å². The third kappa shape index (κ3) is 4.09. The van der Waals surface area contributed by atoms with Crippen LogP contribution in [0.2, 0.25) is 0 Å². The van der Waals surface area contributed by atoms with Crippen LogP contribution in [0, 0.1) is 5.82 Å². The van der Waals surface area contributed by atoms with Crippen LogP contribution in [-0.4, -0.2) is 42.3 Å². The maximum atomic E-state index is 13.0. The van der Waals surface area contributed by atoms with Gasteiger partial charge in [-0.1, -0.05) is 0 Å². The summed E-state index contributed by atoms with van der Waals surface area (Å²) in [5.74, 6) is -0.237. The quantitative estimate of drug-likeness (QED) is 0.797. The van der Waals surface area contributed by atoms with Crippen molar-refractivity contribution in [3.05, 3.63) is 30.1 Å². The molecule has 116 valence electrons. The Hall–Kier alpha value is -1.78. The van der Waals surface area contributed by atoms with Crippen molar-refractivity contribution in [2.24, 2.45) is 0 Å². The Labute approximate surface area is 125 Å². The van der Waals surface area contributed by atoms with Gasteiger partial charge in [0.05, 0.1) is 0 Å². The first-order valence-electron chi connectivity index (χ1n) is 7.26. The molecule has 0 spiro atoms. The third-order valence-corrected chi connectivity index (χ3v) is 3.45. The van der Waals surface area contributed by atoms with E-state index in [0.717, 1.165) is 12.2 Å². The summed E-state index contributed by atoms with van der Waals surface area (Å²) in [5.41, 5.74) is 0.498. The Balaban J connectivity index is 1.99. The Bertz CT molecular complexity index is 496. The first-order chi connectivity index (χ1) is 9.76. The highest BCUT2D eigenvalue weighted by molar-refractivity contribution is 5.69. The molecule has 21 heavy (non-hydrogen) atoms. The molecule has 1 heterocycles. The molecule has 1 atom stereocenters. The van der Waals surface area contributed by atoms with Gasteiger partial charge in [0.2, 0.25) is 0 Å². The minimum atomic E-state index is -0.481. The fourth-order valence-corrected chi connectivity index (χ4v) is 2.44. The van der Waals surface area contributed by atoms with Crippen molar-refractivity contribution in [3.8, 4) is 0 Å². The first kappa shape index (κ1) is 15.6. The molecule has 0 aromatic heterocycles. The average molecular weight is 294 g/mol. The number of benzene rings is 1. The number of rotatable bonds is 1. The maximum Gasteiger partial charge on any atom is 0.410 e. The molecule has 1 fully saturated rings.